The van der Waals surface area contributed by atoms with Crippen molar-refractivity contribution in [3.8, 4) is 0 Å². The number of amides is 1. The Balaban J connectivity index is 2.93. The van der Waals surface area contributed by atoms with Gasteiger partial charge in [0.1, 0.15) is 18.3 Å². The van der Waals surface area contributed by atoms with E-state index in [1.807, 2.05) is 0 Å². The van der Waals surface area contributed by atoms with Crippen LogP contribution in [0.15, 0.2) is 0 Å². The van der Waals surface area contributed by atoms with Crippen molar-refractivity contribution in [1.82, 2.24) is 5.32 Å². The van der Waals surface area contributed by atoms with Crippen LogP contribution in [0.5, 0.6) is 0 Å². The van der Waals surface area contributed by atoms with Gasteiger partial charge in [0.15, 0.2) is 0 Å². The number of aliphatic hydroxyl groups is 4. The Bertz CT molecular complexity index is 375. The summed E-state index contributed by atoms with van der Waals surface area (Å²) in [7, 11) is 0. The maximum atomic E-state index is 11.1. The lowest BCUT2D eigenvalue weighted by Crippen LogP contribution is -2.62. The molecule has 20 heavy (non-hydrogen) atoms. The first-order valence-corrected chi connectivity index (χ1v) is 6.09. The average Bonchev–Trinajstić information content (AvgIpc) is 2.38. The molecule has 116 valence electrons. The molecule has 0 bridgehead atoms. The van der Waals surface area contributed by atoms with Gasteiger partial charge in [-0.25, -0.2) is 4.79 Å². The van der Waals surface area contributed by atoms with Crippen LogP contribution in [0.25, 0.3) is 0 Å². The lowest BCUT2D eigenvalue weighted by atomic mass is 9.91. The molecule has 1 aliphatic rings. The highest BCUT2D eigenvalue weighted by molar-refractivity contribution is 5.76. The first kappa shape index (κ1) is 16.8. The minimum atomic E-state index is -2.50. The summed E-state index contributed by atoms with van der Waals surface area (Å²) < 4.78 is 4.95. The van der Waals surface area contributed by atoms with Crippen LogP contribution in [-0.4, -0.2) is 74.2 Å². The van der Waals surface area contributed by atoms with E-state index in [0.717, 1.165) is 0 Å². The van der Waals surface area contributed by atoms with Crippen LogP contribution < -0.4 is 5.32 Å². The lowest BCUT2D eigenvalue weighted by Gasteiger charge is -2.42. The second-order valence-electron chi connectivity index (χ2n) is 4.76. The van der Waals surface area contributed by atoms with Crippen molar-refractivity contribution < 1.29 is 39.9 Å². The Kier molecular flexibility index (Phi) is 5.42. The smallest absolute Gasteiger partial charge is 0.364 e. The Hall–Kier alpha value is -1.26. The fourth-order valence-corrected chi connectivity index (χ4v) is 2.09. The number of ether oxygens (including phenoxy) is 1. The van der Waals surface area contributed by atoms with Gasteiger partial charge in [0, 0.05) is 13.3 Å². The van der Waals surface area contributed by atoms with Gasteiger partial charge < -0.3 is 35.6 Å². The monoisotopic (exact) mass is 293 g/mol. The predicted molar refractivity (Wildman–Crippen MR) is 63.4 cm³/mol. The van der Waals surface area contributed by atoms with Crippen LogP contribution in [0.1, 0.15) is 19.8 Å². The summed E-state index contributed by atoms with van der Waals surface area (Å²) in [5.41, 5.74) is 0. The van der Waals surface area contributed by atoms with Crippen LogP contribution in [0.4, 0.5) is 0 Å². The van der Waals surface area contributed by atoms with E-state index < -0.39 is 48.6 Å². The van der Waals surface area contributed by atoms with Crippen LogP contribution in [0, 0.1) is 0 Å². The van der Waals surface area contributed by atoms with Crippen LogP contribution in [0.3, 0.4) is 0 Å². The molecule has 0 aromatic carbocycles. The number of rotatable bonds is 5. The second kappa shape index (κ2) is 6.46. The molecule has 1 fully saturated rings. The van der Waals surface area contributed by atoms with Gasteiger partial charge in [0.05, 0.1) is 12.6 Å². The number of nitrogens with one attached hydrogen (secondary N) is 1. The molecule has 0 aliphatic carbocycles. The van der Waals surface area contributed by atoms with Crippen molar-refractivity contribution in [3.05, 3.63) is 0 Å². The number of carboxylic acid groups (broad SMARTS) is 1. The molecule has 9 heteroatoms. The fraction of sp³-hybridized carbons (Fsp3) is 0.818. The van der Waals surface area contributed by atoms with Crippen molar-refractivity contribution in [2.45, 2.75) is 49.9 Å². The highest BCUT2D eigenvalue weighted by Gasteiger charge is 2.49. The van der Waals surface area contributed by atoms with Crippen molar-refractivity contribution in [2.75, 3.05) is 6.61 Å². The SMILES string of the molecule is CC(=O)N[C@@H]1CCC(O)(C(=O)O)O[C@H]1[C@H](O)[C@H](O)CO. The van der Waals surface area contributed by atoms with E-state index in [4.69, 9.17) is 14.9 Å². The molecular weight excluding hydrogens is 274 g/mol. The zero-order valence-corrected chi connectivity index (χ0v) is 10.9. The van der Waals surface area contributed by atoms with E-state index in [0.29, 0.717) is 0 Å². The van der Waals surface area contributed by atoms with Gasteiger partial charge in [0.2, 0.25) is 5.91 Å². The minimum Gasteiger partial charge on any atom is -0.477 e. The van der Waals surface area contributed by atoms with Crippen molar-refractivity contribution in [1.29, 1.82) is 0 Å². The molecule has 0 aromatic rings. The van der Waals surface area contributed by atoms with Crippen molar-refractivity contribution >= 4 is 11.9 Å². The van der Waals surface area contributed by atoms with Gasteiger partial charge in [0.25, 0.3) is 5.79 Å². The summed E-state index contributed by atoms with van der Waals surface area (Å²) in [5.74, 6) is -4.57. The summed E-state index contributed by atoms with van der Waals surface area (Å²) in [6, 6.07) is -0.789. The minimum absolute atomic E-state index is 0.0300. The first-order chi connectivity index (χ1) is 9.21. The number of hydrogen-bond donors (Lipinski definition) is 6. The van der Waals surface area contributed by atoms with Crippen molar-refractivity contribution in [2.24, 2.45) is 0 Å². The van der Waals surface area contributed by atoms with E-state index >= 15 is 0 Å². The number of carbonyl (C=O) groups excluding carboxylic acids is 1. The maximum Gasteiger partial charge on any atom is 0.364 e. The molecule has 1 amide bonds. The molecule has 1 unspecified atom stereocenters. The molecule has 9 nitrogen and oxygen atoms in total. The summed E-state index contributed by atoms with van der Waals surface area (Å²) in [4.78, 5) is 22.0. The summed E-state index contributed by atoms with van der Waals surface area (Å²) in [5, 5.41) is 49.2. The van der Waals surface area contributed by atoms with Crippen LogP contribution in [-0.2, 0) is 14.3 Å². The fourth-order valence-electron chi connectivity index (χ4n) is 2.09. The molecule has 0 saturated carbocycles. The van der Waals surface area contributed by atoms with E-state index in [-0.39, 0.29) is 12.8 Å². The third-order valence-corrected chi connectivity index (χ3v) is 3.16. The molecule has 5 atom stereocenters. The highest BCUT2D eigenvalue weighted by Crippen LogP contribution is 2.30. The molecule has 1 rings (SSSR count). The number of aliphatic carboxylic acids is 1. The van der Waals surface area contributed by atoms with Gasteiger partial charge in [-0.05, 0) is 6.42 Å². The number of aliphatic hydroxyl groups excluding tert-OH is 3. The van der Waals surface area contributed by atoms with Gasteiger partial charge >= 0.3 is 5.97 Å². The van der Waals surface area contributed by atoms with Gasteiger partial charge in [-0.15, -0.1) is 0 Å². The molecular formula is C11H19NO8. The summed E-state index contributed by atoms with van der Waals surface area (Å²) in [6.45, 7) is 0.448. The average molecular weight is 293 g/mol. The maximum absolute atomic E-state index is 11.1. The molecule has 0 spiro atoms. The zero-order valence-electron chi connectivity index (χ0n) is 10.9. The molecule has 1 saturated heterocycles. The third kappa shape index (κ3) is 3.64. The molecule has 1 aliphatic heterocycles. The van der Waals surface area contributed by atoms with E-state index in [9.17, 15) is 24.9 Å². The number of carboxylic acids is 1. The summed E-state index contributed by atoms with van der Waals surface area (Å²) >= 11 is 0. The van der Waals surface area contributed by atoms with Gasteiger partial charge in [-0.1, -0.05) is 0 Å². The first-order valence-electron chi connectivity index (χ1n) is 6.09. The van der Waals surface area contributed by atoms with Crippen LogP contribution >= 0.6 is 0 Å². The van der Waals surface area contributed by atoms with Gasteiger partial charge in [-0.2, -0.15) is 0 Å². The second-order valence-corrected chi connectivity index (χ2v) is 4.76. The van der Waals surface area contributed by atoms with E-state index in [2.05, 4.69) is 5.32 Å². The molecule has 1 heterocycles. The quantitative estimate of drug-likeness (QED) is 0.316. The van der Waals surface area contributed by atoms with E-state index in [1.165, 1.54) is 6.92 Å². The topological polar surface area (TPSA) is 157 Å². The number of carbonyl (C=O) groups is 2. The molecule has 6 N–H and O–H groups in total. The largest absolute Gasteiger partial charge is 0.477 e. The van der Waals surface area contributed by atoms with Gasteiger partial charge in [-0.3, -0.25) is 4.79 Å². The predicted octanol–water partition coefficient (Wildman–Crippen LogP) is -2.84. The highest BCUT2D eigenvalue weighted by atomic mass is 16.7. The Labute approximate surface area is 114 Å². The third-order valence-electron chi connectivity index (χ3n) is 3.16. The zero-order chi connectivity index (χ0) is 15.5. The molecule has 0 radical (unpaired) electrons. The normalized spacial score (nSPS) is 33.2. The van der Waals surface area contributed by atoms with Crippen molar-refractivity contribution in [3.63, 3.8) is 0 Å². The van der Waals surface area contributed by atoms with Crippen LogP contribution in [0.2, 0.25) is 0 Å². The van der Waals surface area contributed by atoms with E-state index in [1.54, 1.807) is 0 Å². The Morgan fingerprint density at radius 2 is 2.05 bits per heavy atom. The summed E-state index contributed by atoms with van der Waals surface area (Å²) in [6.07, 6.45) is -4.88. The Morgan fingerprint density at radius 3 is 2.50 bits per heavy atom. The standard InChI is InChI=1S/C11H19NO8/c1-5(14)12-6-2-3-11(19,10(17)18)20-9(6)8(16)7(15)4-13/h6-9,13,15-16,19H,2-4H2,1H3,(H,12,14)(H,17,18)/t6-,7-,8-,9-,11?/m1/s1. The number of hydrogen-bond acceptors (Lipinski definition) is 7. The lowest BCUT2D eigenvalue weighted by molar-refractivity contribution is -0.279. The molecule has 0 aromatic heterocycles. The Morgan fingerprint density at radius 1 is 1.45 bits per heavy atom.